The molecule has 0 unspecified atom stereocenters. The van der Waals surface area contributed by atoms with Gasteiger partial charge in [0.25, 0.3) is 0 Å². The lowest BCUT2D eigenvalue weighted by atomic mass is 10.9. The standard InChI is InChI=1S/C3H7NO2.ClHO3S/c1-2-6-3(4)5;1-5(2,3)4/h2H2,1H3,(H2,4,5);(H,2,3,4). The summed E-state index contributed by atoms with van der Waals surface area (Å²) in [5.41, 5.74) is 4.54. The molecule has 68 valence electrons. The van der Waals surface area contributed by atoms with Crippen LogP contribution in [0.3, 0.4) is 0 Å². The van der Waals surface area contributed by atoms with Crippen LogP contribution in [0.5, 0.6) is 0 Å². The fourth-order valence-electron chi connectivity index (χ4n) is 0.142. The molecule has 0 bridgehead atoms. The van der Waals surface area contributed by atoms with Crippen LogP contribution in [-0.4, -0.2) is 25.7 Å². The van der Waals surface area contributed by atoms with Gasteiger partial charge in [0.1, 0.15) is 0 Å². The lowest BCUT2D eigenvalue weighted by molar-refractivity contribution is 0.163. The van der Waals surface area contributed by atoms with Gasteiger partial charge in [-0.1, -0.05) is 0 Å². The van der Waals surface area contributed by atoms with Gasteiger partial charge in [0.15, 0.2) is 0 Å². The predicted molar refractivity (Wildman–Crippen MR) is 38.6 cm³/mol. The molecule has 0 heterocycles. The number of amides is 1. The zero-order valence-corrected chi connectivity index (χ0v) is 7.22. The topological polar surface area (TPSA) is 107 Å². The smallest absolute Gasteiger partial charge is 0.404 e. The molecule has 0 radical (unpaired) electrons. The van der Waals surface area contributed by atoms with Crippen molar-refractivity contribution < 1.29 is 22.5 Å². The molecule has 1 amide bonds. The van der Waals surface area contributed by atoms with Crippen LogP contribution in [0, 0.1) is 0 Å². The molecule has 11 heavy (non-hydrogen) atoms. The van der Waals surface area contributed by atoms with Gasteiger partial charge in [-0.2, -0.15) is 8.42 Å². The third kappa shape index (κ3) is 86.6. The van der Waals surface area contributed by atoms with E-state index in [2.05, 4.69) is 21.2 Å². The maximum absolute atomic E-state index is 9.60. The van der Waals surface area contributed by atoms with Crippen molar-refractivity contribution in [3.8, 4) is 0 Å². The number of primary amides is 1. The summed E-state index contributed by atoms with van der Waals surface area (Å²) in [5, 5.41) is 0. The zero-order valence-electron chi connectivity index (χ0n) is 5.65. The molecule has 0 aromatic heterocycles. The van der Waals surface area contributed by atoms with E-state index in [0.29, 0.717) is 6.61 Å². The van der Waals surface area contributed by atoms with E-state index in [4.69, 9.17) is 13.0 Å². The Morgan fingerprint density at radius 1 is 1.73 bits per heavy atom. The van der Waals surface area contributed by atoms with Crippen LogP contribution in [0.15, 0.2) is 0 Å². The third-order valence-electron chi connectivity index (χ3n) is 0.287. The third-order valence-corrected chi connectivity index (χ3v) is 0.287. The molecule has 3 N–H and O–H groups in total. The van der Waals surface area contributed by atoms with E-state index in [1.807, 2.05) is 0 Å². The average Bonchev–Trinajstić information content (AvgIpc) is 1.58. The quantitative estimate of drug-likeness (QED) is 0.467. The van der Waals surface area contributed by atoms with Gasteiger partial charge < -0.3 is 10.5 Å². The molecule has 0 saturated heterocycles. The van der Waals surface area contributed by atoms with Crippen molar-refractivity contribution in [1.29, 1.82) is 0 Å². The molecule has 0 atom stereocenters. The van der Waals surface area contributed by atoms with Crippen LogP contribution in [0.1, 0.15) is 6.92 Å². The minimum absolute atomic E-state index is 0.356. The largest absolute Gasteiger partial charge is 0.450 e. The van der Waals surface area contributed by atoms with Gasteiger partial charge in [-0.25, -0.2) is 4.79 Å². The summed E-state index contributed by atoms with van der Waals surface area (Å²) in [6.45, 7) is 2.06. The number of carbonyl (C=O) groups is 1. The van der Waals surface area contributed by atoms with E-state index < -0.39 is 15.4 Å². The normalized spacial score (nSPS) is 9.36. The van der Waals surface area contributed by atoms with Crippen molar-refractivity contribution in [3.63, 3.8) is 0 Å². The minimum Gasteiger partial charge on any atom is -0.450 e. The molecular formula is C3H8ClNO5S. The van der Waals surface area contributed by atoms with Crippen molar-refractivity contribution in [2.24, 2.45) is 5.73 Å². The van der Waals surface area contributed by atoms with Gasteiger partial charge in [-0.15, -0.1) is 0 Å². The van der Waals surface area contributed by atoms with Crippen LogP contribution in [-0.2, 0) is 14.1 Å². The van der Waals surface area contributed by atoms with Crippen LogP contribution in [0.2, 0.25) is 0 Å². The Bertz CT molecular complexity index is 192. The number of halogens is 1. The van der Waals surface area contributed by atoms with Gasteiger partial charge in [-0.05, 0) is 6.92 Å². The molecule has 0 aromatic carbocycles. The fourth-order valence-corrected chi connectivity index (χ4v) is 0.142. The summed E-state index contributed by atoms with van der Waals surface area (Å²) in [6, 6.07) is 0. The number of ether oxygens (including phenoxy) is 1. The second kappa shape index (κ2) is 6.20. The van der Waals surface area contributed by atoms with Crippen molar-refractivity contribution >= 4 is 26.1 Å². The minimum atomic E-state index is -4.19. The molecule has 0 spiro atoms. The highest BCUT2D eigenvalue weighted by molar-refractivity contribution is 8.09. The highest BCUT2D eigenvalue weighted by Crippen LogP contribution is 1.82. The Hall–Kier alpha value is -0.530. The summed E-state index contributed by atoms with van der Waals surface area (Å²) in [5.74, 6) is 0. The highest BCUT2D eigenvalue weighted by atomic mass is 35.7. The van der Waals surface area contributed by atoms with E-state index in [9.17, 15) is 4.79 Å². The first-order chi connectivity index (χ1) is 4.77. The van der Waals surface area contributed by atoms with Crippen LogP contribution in [0.25, 0.3) is 0 Å². The molecule has 0 saturated carbocycles. The first kappa shape index (κ1) is 13.1. The van der Waals surface area contributed by atoms with E-state index in [1.54, 1.807) is 6.92 Å². The molecule has 0 rings (SSSR count). The number of carbonyl (C=O) groups excluding carboxylic acids is 1. The van der Waals surface area contributed by atoms with Gasteiger partial charge in [0.05, 0.1) is 6.61 Å². The number of hydrogen-bond donors (Lipinski definition) is 2. The van der Waals surface area contributed by atoms with E-state index in [0.717, 1.165) is 0 Å². The molecule has 0 fully saturated rings. The Morgan fingerprint density at radius 3 is 2.00 bits per heavy atom. The Balaban J connectivity index is 0. The van der Waals surface area contributed by atoms with Gasteiger partial charge in [0.2, 0.25) is 0 Å². The maximum Gasteiger partial charge on any atom is 0.404 e. The van der Waals surface area contributed by atoms with E-state index in [1.165, 1.54) is 0 Å². The first-order valence-corrected chi connectivity index (χ1v) is 4.63. The second-order valence-electron chi connectivity index (χ2n) is 1.16. The molecule has 8 heteroatoms. The molecule has 0 aromatic rings. The fraction of sp³-hybridized carbons (Fsp3) is 0.667. The van der Waals surface area contributed by atoms with E-state index in [-0.39, 0.29) is 0 Å². The van der Waals surface area contributed by atoms with Crippen LogP contribution in [0.4, 0.5) is 4.79 Å². The zero-order chi connectivity index (χ0) is 9.49. The van der Waals surface area contributed by atoms with Crippen molar-refractivity contribution in [1.82, 2.24) is 0 Å². The van der Waals surface area contributed by atoms with Gasteiger partial charge in [-0.3, -0.25) is 4.55 Å². The van der Waals surface area contributed by atoms with Crippen molar-refractivity contribution in [2.75, 3.05) is 6.61 Å². The second-order valence-corrected chi connectivity index (χ2v) is 3.16. The Kier molecular flexibility index (Phi) is 7.37. The summed E-state index contributed by atoms with van der Waals surface area (Å²) in [4.78, 5) is 9.60. The Morgan fingerprint density at radius 2 is 2.00 bits per heavy atom. The highest BCUT2D eigenvalue weighted by Gasteiger charge is 1.86. The maximum atomic E-state index is 9.60. The monoisotopic (exact) mass is 205 g/mol. The molecular weight excluding hydrogens is 198 g/mol. The van der Waals surface area contributed by atoms with Gasteiger partial charge in [0, 0.05) is 10.7 Å². The summed E-state index contributed by atoms with van der Waals surface area (Å²) in [6.07, 6.45) is -0.711. The first-order valence-electron chi connectivity index (χ1n) is 2.36. The van der Waals surface area contributed by atoms with E-state index >= 15 is 0 Å². The predicted octanol–water partition coefficient (Wildman–Crippen LogP) is 0.130. The molecule has 0 aliphatic rings. The molecule has 6 nitrogen and oxygen atoms in total. The SMILES string of the molecule is CCOC(N)=O.O=S(=O)(O)Cl. The summed E-state index contributed by atoms with van der Waals surface area (Å²) in [7, 11) is -0.137. The lowest BCUT2D eigenvalue weighted by Crippen LogP contribution is -2.11. The van der Waals surface area contributed by atoms with Crippen molar-refractivity contribution in [2.45, 2.75) is 6.92 Å². The number of rotatable bonds is 1. The number of nitrogens with two attached hydrogens (primary N) is 1. The number of hydrogen-bond acceptors (Lipinski definition) is 4. The lowest BCUT2D eigenvalue weighted by Gasteiger charge is -1.89. The summed E-state index contributed by atoms with van der Waals surface area (Å²) < 4.78 is 29.3. The average molecular weight is 206 g/mol. The van der Waals surface area contributed by atoms with Crippen molar-refractivity contribution in [3.05, 3.63) is 0 Å². The van der Waals surface area contributed by atoms with Crippen LogP contribution < -0.4 is 5.73 Å². The van der Waals surface area contributed by atoms with Gasteiger partial charge >= 0.3 is 15.4 Å². The molecule has 0 aliphatic heterocycles. The Labute approximate surface area is 68.5 Å². The van der Waals surface area contributed by atoms with Crippen LogP contribution >= 0.6 is 10.7 Å². The molecule has 0 aliphatic carbocycles. The summed E-state index contributed by atoms with van der Waals surface area (Å²) >= 11 is 0.